The normalized spacial score (nSPS) is 11.3. The van der Waals surface area contributed by atoms with Crippen molar-refractivity contribution in [2.75, 3.05) is 5.75 Å². The van der Waals surface area contributed by atoms with Crippen LogP contribution in [0.4, 0.5) is 0 Å². The Morgan fingerprint density at radius 3 is 1.89 bits per heavy atom. The smallest absolute Gasteiger partial charge is 1.00 e. The molecule has 0 aliphatic carbocycles. The van der Waals surface area contributed by atoms with Gasteiger partial charge in [0.2, 0.25) is 0 Å². The van der Waals surface area contributed by atoms with E-state index in [2.05, 4.69) is 6.92 Å². The predicted octanol–water partition coefficient (Wildman–Crippen LogP) is 1.06. The Kier molecular flexibility index (Phi) is 18.9. The van der Waals surface area contributed by atoms with E-state index in [0.717, 1.165) is 5.32 Å². The van der Waals surface area contributed by atoms with Gasteiger partial charge < -0.3 is 1.43 Å². The molecule has 0 amide bonds. The fourth-order valence-electron chi connectivity index (χ4n) is 1.78. The second-order valence-corrected chi connectivity index (χ2v) is 8.87. The van der Waals surface area contributed by atoms with Crippen molar-refractivity contribution in [2.45, 2.75) is 75.3 Å². The second-order valence-electron chi connectivity index (χ2n) is 4.73. The molecular weight excluding hydrogens is 338 g/mol. The Balaban J connectivity index is -0.00000144. The van der Waals surface area contributed by atoms with Crippen molar-refractivity contribution in [3.05, 3.63) is 0 Å². The fourth-order valence-corrected chi connectivity index (χ4v) is 4.72. The third-order valence-corrected chi connectivity index (χ3v) is 6.06. The molecule has 0 saturated carbocycles. The molecule has 0 aliphatic rings. The molecule has 3 nitrogen and oxygen atoms in total. The Labute approximate surface area is 149 Å². The van der Waals surface area contributed by atoms with Crippen molar-refractivity contribution >= 4 is 25.1 Å². The van der Waals surface area contributed by atoms with Gasteiger partial charge in [-0.25, -0.2) is 0 Å². The number of rotatable bonds is 13. The zero-order valence-electron chi connectivity index (χ0n) is 13.6. The third-order valence-electron chi connectivity index (χ3n) is 2.83. The first-order valence-electron chi connectivity index (χ1n) is 7.09. The Morgan fingerprint density at radius 1 is 0.895 bits per heavy atom. The SMILES string of the molecule is CCCCCCCCCC[Se]CCCS(=O)(=O)O.[H-].[Na+]. The third kappa shape index (κ3) is 21.9. The van der Waals surface area contributed by atoms with Crippen LogP contribution in [0.5, 0.6) is 0 Å². The van der Waals surface area contributed by atoms with Crippen molar-refractivity contribution < 1.29 is 44.0 Å². The van der Waals surface area contributed by atoms with Crippen LogP contribution in [0.15, 0.2) is 0 Å². The molecule has 0 aromatic carbocycles. The molecule has 0 spiro atoms. The van der Waals surface area contributed by atoms with E-state index in [1.165, 1.54) is 56.7 Å². The van der Waals surface area contributed by atoms with Crippen molar-refractivity contribution in [1.82, 2.24) is 0 Å². The summed E-state index contributed by atoms with van der Waals surface area (Å²) in [6, 6.07) is 0. The molecule has 0 rings (SSSR count). The maximum absolute atomic E-state index is 10.5. The molecule has 0 radical (unpaired) electrons. The largest absolute Gasteiger partial charge is 1.00 e. The van der Waals surface area contributed by atoms with Gasteiger partial charge in [0.15, 0.2) is 0 Å². The zero-order chi connectivity index (χ0) is 13.7. The van der Waals surface area contributed by atoms with E-state index in [0.29, 0.717) is 21.4 Å². The predicted molar refractivity (Wildman–Crippen MR) is 80.1 cm³/mol. The van der Waals surface area contributed by atoms with E-state index in [1.807, 2.05) is 0 Å². The van der Waals surface area contributed by atoms with Gasteiger partial charge in [0.1, 0.15) is 0 Å². The van der Waals surface area contributed by atoms with Gasteiger partial charge in [0.05, 0.1) is 0 Å². The molecule has 0 aromatic rings. The molecule has 0 aliphatic heterocycles. The van der Waals surface area contributed by atoms with Gasteiger partial charge in [0, 0.05) is 0 Å². The van der Waals surface area contributed by atoms with Crippen LogP contribution >= 0.6 is 0 Å². The molecule has 0 saturated heterocycles. The van der Waals surface area contributed by atoms with Crippen LogP contribution in [0, 0.1) is 0 Å². The van der Waals surface area contributed by atoms with Crippen molar-refractivity contribution in [1.29, 1.82) is 0 Å². The first kappa shape index (κ1) is 22.7. The average Bonchev–Trinajstić information content (AvgIpc) is 2.29. The van der Waals surface area contributed by atoms with E-state index in [1.54, 1.807) is 0 Å². The molecular formula is C13H29NaO3SSe. The van der Waals surface area contributed by atoms with E-state index >= 15 is 0 Å². The molecule has 0 heterocycles. The molecule has 0 bridgehead atoms. The van der Waals surface area contributed by atoms with Crippen LogP contribution in [0.1, 0.15) is 66.1 Å². The molecule has 6 heteroatoms. The minimum atomic E-state index is -3.73. The molecule has 19 heavy (non-hydrogen) atoms. The molecule has 0 fully saturated rings. The average molecular weight is 367 g/mol. The maximum Gasteiger partial charge on any atom is 1.00 e. The van der Waals surface area contributed by atoms with Gasteiger partial charge in [-0.05, 0) is 0 Å². The molecule has 112 valence electrons. The Morgan fingerprint density at radius 2 is 1.37 bits per heavy atom. The summed E-state index contributed by atoms with van der Waals surface area (Å²) in [6.07, 6.45) is 11.4. The van der Waals surface area contributed by atoms with Gasteiger partial charge in [-0.2, -0.15) is 0 Å². The van der Waals surface area contributed by atoms with Gasteiger partial charge >= 0.3 is 149 Å². The van der Waals surface area contributed by atoms with Crippen LogP contribution in [-0.2, 0) is 10.1 Å². The maximum atomic E-state index is 10.5. The van der Waals surface area contributed by atoms with Gasteiger partial charge in [0.25, 0.3) is 0 Å². The van der Waals surface area contributed by atoms with Crippen LogP contribution in [0.3, 0.4) is 0 Å². The van der Waals surface area contributed by atoms with Crippen molar-refractivity contribution in [3.8, 4) is 0 Å². The summed E-state index contributed by atoms with van der Waals surface area (Å²) >= 11 is 0.562. The minimum absolute atomic E-state index is 0. The summed E-state index contributed by atoms with van der Waals surface area (Å²) in [5, 5.41) is 2.23. The number of hydrogen-bond acceptors (Lipinski definition) is 2. The summed E-state index contributed by atoms with van der Waals surface area (Å²) < 4.78 is 29.5. The summed E-state index contributed by atoms with van der Waals surface area (Å²) in [5.74, 6) is -0.0633. The summed E-state index contributed by atoms with van der Waals surface area (Å²) in [7, 11) is -3.73. The van der Waals surface area contributed by atoms with Crippen LogP contribution in [-0.4, -0.2) is 33.7 Å². The topological polar surface area (TPSA) is 54.4 Å². The van der Waals surface area contributed by atoms with Crippen molar-refractivity contribution in [3.63, 3.8) is 0 Å². The van der Waals surface area contributed by atoms with E-state index in [4.69, 9.17) is 4.55 Å². The van der Waals surface area contributed by atoms with Gasteiger partial charge in [-0.1, -0.05) is 0 Å². The minimum Gasteiger partial charge on any atom is -1.00 e. The monoisotopic (exact) mass is 368 g/mol. The molecule has 1 N–H and O–H groups in total. The van der Waals surface area contributed by atoms with Crippen molar-refractivity contribution in [2.24, 2.45) is 0 Å². The van der Waals surface area contributed by atoms with Gasteiger partial charge in [-0.3, -0.25) is 0 Å². The summed E-state index contributed by atoms with van der Waals surface area (Å²) in [4.78, 5) is 0. The molecule has 0 unspecified atom stereocenters. The van der Waals surface area contributed by atoms with Crippen LogP contribution in [0.2, 0.25) is 10.6 Å². The quantitative estimate of drug-likeness (QED) is 0.301. The first-order valence-corrected chi connectivity index (χ1v) is 11.1. The van der Waals surface area contributed by atoms with E-state index < -0.39 is 10.1 Å². The standard InChI is InChI=1S/C13H28O3SSe.Na.H/c1-2-3-4-5-6-7-8-9-12-18-13-10-11-17(14,15)16;;/h2-13H2,1H3,(H,14,15,16);;/q;+1;-1. The fraction of sp³-hybridized carbons (Fsp3) is 1.00. The van der Waals surface area contributed by atoms with E-state index in [-0.39, 0.29) is 36.7 Å². The molecule has 0 atom stereocenters. The number of unbranched alkanes of at least 4 members (excludes halogenated alkanes) is 7. The van der Waals surface area contributed by atoms with Crippen LogP contribution < -0.4 is 29.6 Å². The first-order chi connectivity index (χ1) is 8.56. The Hall–Kier alpha value is 1.43. The van der Waals surface area contributed by atoms with Crippen LogP contribution in [0.25, 0.3) is 0 Å². The second kappa shape index (κ2) is 15.8. The summed E-state index contributed by atoms with van der Waals surface area (Å²) in [6.45, 7) is 2.24. The molecule has 0 aromatic heterocycles. The summed E-state index contributed by atoms with van der Waals surface area (Å²) in [5.41, 5.74) is 0. The Bertz CT molecular complexity index is 277. The van der Waals surface area contributed by atoms with E-state index in [9.17, 15) is 8.42 Å². The number of hydrogen-bond donors (Lipinski definition) is 1. The zero-order valence-corrected chi connectivity index (χ0v) is 17.1. The van der Waals surface area contributed by atoms with Gasteiger partial charge in [-0.15, -0.1) is 0 Å².